The van der Waals surface area contributed by atoms with Crippen molar-refractivity contribution < 1.29 is 24.2 Å². The van der Waals surface area contributed by atoms with Crippen molar-refractivity contribution in [2.24, 2.45) is 0 Å². The highest BCUT2D eigenvalue weighted by atomic mass is 16.5. The van der Waals surface area contributed by atoms with E-state index in [4.69, 9.17) is 9.47 Å². The number of carbonyl (C=O) groups is 2. The number of aliphatic hydroxyl groups is 1. The standard InChI is InChI=1S/C26H32N2O5/c1-5-27(6-2)15-8-16-28-23(18-11-13-20(32-3)14-12-18)22(25(30)26(28)31)24(29)19-9-7-10-21(17-19)33-4/h7,9-14,17,23,29H,5-6,8,15-16H2,1-4H3/t23-/m0/s1. The van der Waals surface area contributed by atoms with Gasteiger partial charge in [-0.25, -0.2) is 0 Å². The Balaban J connectivity index is 2.04. The first-order valence-corrected chi connectivity index (χ1v) is 11.2. The topological polar surface area (TPSA) is 79.3 Å². The van der Waals surface area contributed by atoms with Crippen molar-refractivity contribution in [1.82, 2.24) is 9.80 Å². The summed E-state index contributed by atoms with van der Waals surface area (Å²) in [6.45, 7) is 7.27. The van der Waals surface area contributed by atoms with Gasteiger partial charge in [0.1, 0.15) is 17.3 Å². The van der Waals surface area contributed by atoms with Gasteiger partial charge in [-0.1, -0.05) is 38.1 Å². The Morgan fingerprint density at radius 3 is 2.27 bits per heavy atom. The molecule has 1 N–H and O–H groups in total. The molecule has 1 fully saturated rings. The molecular weight excluding hydrogens is 420 g/mol. The Morgan fingerprint density at radius 1 is 1.00 bits per heavy atom. The Morgan fingerprint density at radius 2 is 1.67 bits per heavy atom. The van der Waals surface area contributed by atoms with Crippen LogP contribution in [0.15, 0.2) is 54.1 Å². The van der Waals surface area contributed by atoms with Gasteiger partial charge in [-0.05, 0) is 55.9 Å². The summed E-state index contributed by atoms with van der Waals surface area (Å²) < 4.78 is 10.5. The number of likely N-dealkylation sites (tertiary alicyclic amines) is 1. The fraction of sp³-hybridized carbons (Fsp3) is 0.385. The molecule has 0 bridgehead atoms. The monoisotopic (exact) mass is 452 g/mol. The van der Waals surface area contributed by atoms with E-state index in [-0.39, 0.29) is 11.3 Å². The molecule has 1 atom stereocenters. The molecule has 0 saturated carbocycles. The Bertz CT molecular complexity index is 1010. The van der Waals surface area contributed by atoms with E-state index in [0.717, 1.165) is 31.6 Å². The third-order valence-corrected chi connectivity index (χ3v) is 6.08. The third-order valence-electron chi connectivity index (χ3n) is 6.08. The number of aliphatic hydroxyl groups excluding tert-OH is 1. The van der Waals surface area contributed by atoms with Crippen LogP contribution in [-0.4, -0.2) is 67.0 Å². The lowest BCUT2D eigenvalue weighted by Crippen LogP contribution is -2.33. The maximum atomic E-state index is 13.1. The Hall–Kier alpha value is -3.32. The smallest absolute Gasteiger partial charge is 0.295 e. The van der Waals surface area contributed by atoms with Crippen LogP contribution in [0, 0.1) is 0 Å². The van der Waals surface area contributed by atoms with Gasteiger partial charge in [-0.2, -0.15) is 0 Å². The molecule has 0 radical (unpaired) electrons. The molecule has 33 heavy (non-hydrogen) atoms. The summed E-state index contributed by atoms with van der Waals surface area (Å²) in [6, 6.07) is 13.4. The number of benzene rings is 2. The van der Waals surface area contributed by atoms with Crippen LogP contribution < -0.4 is 9.47 Å². The number of methoxy groups -OCH3 is 2. The molecular formula is C26H32N2O5. The number of amides is 1. The second kappa shape index (κ2) is 11.0. The van der Waals surface area contributed by atoms with Gasteiger partial charge < -0.3 is 24.4 Å². The second-order valence-electron chi connectivity index (χ2n) is 7.88. The molecule has 0 unspecified atom stereocenters. The quantitative estimate of drug-likeness (QED) is 0.335. The predicted molar refractivity (Wildman–Crippen MR) is 127 cm³/mol. The number of nitrogens with zero attached hydrogens (tertiary/aromatic N) is 2. The zero-order chi connectivity index (χ0) is 24.0. The molecule has 1 aliphatic heterocycles. The summed E-state index contributed by atoms with van der Waals surface area (Å²) in [5.41, 5.74) is 1.25. The maximum absolute atomic E-state index is 13.1. The molecule has 1 saturated heterocycles. The summed E-state index contributed by atoms with van der Waals surface area (Å²) >= 11 is 0. The van der Waals surface area contributed by atoms with E-state index in [2.05, 4.69) is 18.7 Å². The highest BCUT2D eigenvalue weighted by Gasteiger charge is 2.45. The third kappa shape index (κ3) is 5.20. The molecule has 2 aromatic carbocycles. The lowest BCUT2D eigenvalue weighted by molar-refractivity contribution is -0.140. The van der Waals surface area contributed by atoms with E-state index in [1.54, 1.807) is 48.4 Å². The molecule has 7 nitrogen and oxygen atoms in total. The van der Waals surface area contributed by atoms with Gasteiger partial charge in [0.05, 0.1) is 25.8 Å². The highest BCUT2D eigenvalue weighted by molar-refractivity contribution is 6.46. The fourth-order valence-electron chi connectivity index (χ4n) is 4.17. The maximum Gasteiger partial charge on any atom is 0.295 e. The predicted octanol–water partition coefficient (Wildman–Crippen LogP) is 3.86. The van der Waals surface area contributed by atoms with Crippen LogP contribution >= 0.6 is 0 Å². The van der Waals surface area contributed by atoms with Crippen molar-refractivity contribution in [3.05, 3.63) is 65.2 Å². The molecule has 1 amide bonds. The van der Waals surface area contributed by atoms with Crippen molar-refractivity contribution in [1.29, 1.82) is 0 Å². The van der Waals surface area contributed by atoms with Crippen LogP contribution in [0.3, 0.4) is 0 Å². The summed E-state index contributed by atoms with van der Waals surface area (Å²) in [5, 5.41) is 11.2. The van der Waals surface area contributed by atoms with Gasteiger partial charge in [0.25, 0.3) is 11.7 Å². The summed E-state index contributed by atoms with van der Waals surface area (Å²) in [4.78, 5) is 30.0. The van der Waals surface area contributed by atoms with E-state index >= 15 is 0 Å². The summed E-state index contributed by atoms with van der Waals surface area (Å²) in [5.74, 6) is -0.267. The lowest BCUT2D eigenvalue weighted by atomic mass is 9.95. The number of hydrogen-bond donors (Lipinski definition) is 1. The molecule has 2 aromatic rings. The molecule has 0 spiro atoms. The minimum atomic E-state index is -0.682. The first kappa shape index (κ1) is 24.3. The molecule has 0 aromatic heterocycles. The van der Waals surface area contributed by atoms with Crippen molar-refractivity contribution in [3.63, 3.8) is 0 Å². The van der Waals surface area contributed by atoms with Gasteiger partial charge in [-0.15, -0.1) is 0 Å². The van der Waals surface area contributed by atoms with Gasteiger partial charge >= 0.3 is 0 Å². The first-order chi connectivity index (χ1) is 15.9. The lowest BCUT2D eigenvalue weighted by Gasteiger charge is -2.27. The highest BCUT2D eigenvalue weighted by Crippen LogP contribution is 2.40. The molecule has 0 aliphatic carbocycles. The summed E-state index contributed by atoms with van der Waals surface area (Å²) in [6.07, 6.45) is 0.723. The number of hydrogen-bond acceptors (Lipinski definition) is 6. The zero-order valence-electron chi connectivity index (χ0n) is 19.7. The Kier molecular flexibility index (Phi) is 8.11. The van der Waals surface area contributed by atoms with Crippen LogP contribution in [0.2, 0.25) is 0 Å². The number of ketones is 1. The summed E-state index contributed by atoms with van der Waals surface area (Å²) in [7, 11) is 3.11. The SMILES string of the molecule is CCN(CC)CCCN1C(=O)C(=O)C(=C(O)c2cccc(OC)c2)[C@@H]1c1ccc(OC)cc1. The van der Waals surface area contributed by atoms with Crippen molar-refractivity contribution in [2.45, 2.75) is 26.3 Å². The van der Waals surface area contributed by atoms with Crippen molar-refractivity contribution >= 4 is 17.4 Å². The van der Waals surface area contributed by atoms with Crippen LogP contribution in [0.25, 0.3) is 5.76 Å². The van der Waals surface area contributed by atoms with E-state index in [0.29, 0.717) is 23.6 Å². The van der Waals surface area contributed by atoms with E-state index in [1.165, 1.54) is 7.11 Å². The van der Waals surface area contributed by atoms with Gasteiger partial charge in [0.15, 0.2) is 0 Å². The minimum Gasteiger partial charge on any atom is -0.507 e. The molecule has 1 aliphatic rings. The molecule has 1 heterocycles. The van der Waals surface area contributed by atoms with E-state index < -0.39 is 17.7 Å². The van der Waals surface area contributed by atoms with Gasteiger partial charge in [-0.3, -0.25) is 9.59 Å². The Labute approximate surface area is 195 Å². The number of ether oxygens (including phenoxy) is 2. The van der Waals surface area contributed by atoms with Crippen LogP contribution in [0.5, 0.6) is 11.5 Å². The van der Waals surface area contributed by atoms with Crippen LogP contribution in [0.1, 0.15) is 37.4 Å². The van der Waals surface area contributed by atoms with Crippen molar-refractivity contribution in [3.8, 4) is 11.5 Å². The van der Waals surface area contributed by atoms with Gasteiger partial charge in [0, 0.05) is 12.1 Å². The minimum absolute atomic E-state index is 0.0845. The van der Waals surface area contributed by atoms with Crippen LogP contribution in [-0.2, 0) is 9.59 Å². The normalized spacial score (nSPS) is 17.6. The fourth-order valence-corrected chi connectivity index (χ4v) is 4.17. The molecule has 176 valence electrons. The van der Waals surface area contributed by atoms with E-state index in [1.807, 2.05) is 12.1 Å². The van der Waals surface area contributed by atoms with Crippen LogP contribution in [0.4, 0.5) is 0 Å². The second-order valence-corrected chi connectivity index (χ2v) is 7.88. The van der Waals surface area contributed by atoms with E-state index in [9.17, 15) is 14.7 Å². The average Bonchev–Trinajstić information content (AvgIpc) is 3.11. The van der Waals surface area contributed by atoms with Gasteiger partial charge in [0.2, 0.25) is 0 Å². The largest absolute Gasteiger partial charge is 0.507 e. The average molecular weight is 453 g/mol. The molecule has 3 rings (SSSR count). The van der Waals surface area contributed by atoms with Crippen molar-refractivity contribution in [2.75, 3.05) is 40.4 Å². The molecule has 7 heteroatoms. The number of carbonyl (C=O) groups excluding carboxylic acids is 2. The first-order valence-electron chi connectivity index (χ1n) is 11.2. The number of Topliss-reactive ketones (excluding diaryl/α,β-unsaturated/α-hetero) is 1. The zero-order valence-corrected chi connectivity index (χ0v) is 19.7. The number of rotatable bonds is 10.